The number of nitrogens with zero attached hydrogens (tertiary/aromatic N) is 1. The standard InChI is InChI=1S/C28H28ClF6NO3/c1-15-24(16-9-18(27(30,31)32)11-19(10-16)28(33,34)35)39-25(37)36(15)14-17-13-26(2,3)8-7-21(17)22-12-20(29)5-6-23(22)38-4/h5-6,9-12,15,24H,7-8,13-14H2,1-4H3/t15-,24?/m0/s1. The molecule has 0 aromatic heterocycles. The van der Waals surface area contributed by atoms with E-state index in [0.717, 1.165) is 23.1 Å². The summed E-state index contributed by atoms with van der Waals surface area (Å²) in [6.45, 7) is 5.83. The van der Waals surface area contributed by atoms with Crippen LogP contribution in [0.15, 0.2) is 42.0 Å². The maximum Gasteiger partial charge on any atom is 0.416 e. The Labute approximate surface area is 227 Å². The molecule has 1 unspecified atom stereocenters. The molecular weight excluding hydrogens is 548 g/mol. The number of hydrogen-bond acceptors (Lipinski definition) is 3. The lowest BCUT2D eigenvalue weighted by atomic mass is 9.72. The quantitative estimate of drug-likeness (QED) is 0.334. The minimum Gasteiger partial charge on any atom is -0.496 e. The number of rotatable bonds is 5. The summed E-state index contributed by atoms with van der Waals surface area (Å²) in [5.74, 6) is 0.602. The Morgan fingerprint density at radius 3 is 2.23 bits per heavy atom. The Balaban J connectivity index is 1.73. The fourth-order valence-electron chi connectivity index (χ4n) is 5.31. The van der Waals surface area contributed by atoms with Crippen LogP contribution in [-0.2, 0) is 17.1 Å². The molecule has 0 bridgehead atoms. The largest absolute Gasteiger partial charge is 0.496 e. The molecule has 4 rings (SSSR count). The molecule has 2 aromatic carbocycles. The molecule has 4 nitrogen and oxygen atoms in total. The van der Waals surface area contributed by atoms with Crippen LogP contribution >= 0.6 is 11.6 Å². The van der Waals surface area contributed by atoms with Gasteiger partial charge in [-0.15, -0.1) is 0 Å². The highest BCUT2D eigenvalue weighted by Crippen LogP contribution is 2.47. The smallest absolute Gasteiger partial charge is 0.416 e. The van der Waals surface area contributed by atoms with E-state index in [2.05, 4.69) is 13.8 Å². The Hall–Kier alpha value is -2.88. The monoisotopic (exact) mass is 575 g/mol. The van der Waals surface area contributed by atoms with Crippen LogP contribution in [0.5, 0.6) is 5.75 Å². The highest BCUT2D eigenvalue weighted by Gasteiger charge is 2.44. The summed E-state index contributed by atoms with van der Waals surface area (Å²) >= 11 is 6.27. The molecule has 212 valence electrons. The van der Waals surface area contributed by atoms with E-state index in [9.17, 15) is 31.1 Å². The molecule has 1 saturated heterocycles. The topological polar surface area (TPSA) is 38.8 Å². The molecule has 1 heterocycles. The number of halogens is 7. The van der Waals surface area contributed by atoms with Gasteiger partial charge in [0.05, 0.1) is 24.3 Å². The van der Waals surface area contributed by atoms with Crippen molar-refractivity contribution in [1.29, 1.82) is 0 Å². The Morgan fingerprint density at radius 1 is 1.05 bits per heavy atom. The molecule has 0 saturated carbocycles. The first-order valence-corrected chi connectivity index (χ1v) is 12.7. The highest BCUT2D eigenvalue weighted by molar-refractivity contribution is 6.30. The fraction of sp³-hybridized carbons (Fsp3) is 0.464. The second-order valence-corrected chi connectivity index (χ2v) is 11.2. The van der Waals surface area contributed by atoms with Gasteiger partial charge in [-0.3, -0.25) is 4.90 Å². The van der Waals surface area contributed by atoms with Crippen molar-refractivity contribution < 1.29 is 40.6 Å². The van der Waals surface area contributed by atoms with Crippen LogP contribution in [0.25, 0.3) is 5.57 Å². The second-order valence-electron chi connectivity index (χ2n) is 10.8. The molecule has 0 N–H and O–H groups in total. The van der Waals surface area contributed by atoms with Gasteiger partial charge in [-0.2, -0.15) is 26.3 Å². The number of alkyl halides is 6. The predicted octanol–water partition coefficient (Wildman–Crippen LogP) is 8.93. The van der Waals surface area contributed by atoms with Crippen LogP contribution < -0.4 is 4.74 Å². The van der Waals surface area contributed by atoms with Crippen molar-refractivity contribution in [2.45, 2.75) is 64.5 Å². The number of allylic oxidation sites excluding steroid dienone is 1. The molecule has 11 heteroatoms. The van der Waals surface area contributed by atoms with Crippen LogP contribution in [0.3, 0.4) is 0 Å². The van der Waals surface area contributed by atoms with Crippen LogP contribution in [0, 0.1) is 5.41 Å². The van der Waals surface area contributed by atoms with Gasteiger partial charge in [0, 0.05) is 17.1 Å². The molecular formula is C28H28ClF6NO3. The molecule has 1 aliphatic carbocycles. The number of methoxy groups -OCH3 is 1. The summed E-state index contributed by atoms with van der Waals surface area (Å²) in [7, 11) is 1.54. The van der Waals surface area contributed by atoms with Gasteiger partial charge in [0.25, 0.3) is 0 Å². The number of ether oxygens (including phenoxy) is 2. The minimum atomic E-state index is -5.01. The van der Waals surface area contributed by atoms with Crippen molar-refractivity contribution in [2.24, 2.45) is 5.41 Å². The van der Waals surface area contributed by atoms with Gasteiger partial charge in [0.2, 0.25) is 0 Å². The first-order valence-electron chi connectivity index (χ1n) is 12.3. The maximum atomic E-state index is 13.4. The van der Waals surface area contributed by atoms with E-state index in [1.165, 1.54) is 12.0 Å². The number of benzene rings is 2. The van der Waals surface area contributed by atoms with Gasteiger partial charge in [-0.05, 0) is 84.7 Å². The summed E-state index contributed by atoms with van der Waals surface area (Å²) in [5, 5.41) is 0.501. The van der Waals surface area contributed by atoms with Gasteiger partial charge in [-0.1, -0.05) is 25.4 Å². The summed E-state index contributed by atoms with van der Waals surface area (Å²) in [5.41, 5.74) is -0.760. The SMILES string of the molecule is COc1ccc(Cl)cc1C1=C(CN2C(=O)OC(c3cc(C(F)(F)F)cc(C(F)(F)F)c3)[C@@H]2C)CC(C)(C)CC1. The number of cyclic esters (lactones) is 1. The minimum absolute atomic E-state index is 0.0578. The van der Waals surface area contributed by atoms with Crippen LogP contribution in [0.1, 0.15) is 68.4 Å². The number of amides is 1. The van der Waals surface area contributed by atoms with E-state index in [1.54, 1.807) is 25.1 Å². The fourth-order valence-corrected chi connectivity index (χ4v) is 5.49. The van der Waals surface area contributed by atoms with E-state index >= 15 is 0 Å². The molecule has 1 aliphatic heterocycles. The lowest BCUT2D eigenvalue weighted by Gasteiger charge is -2.35. The Kier molecular flexibility index (Phi) is 7.66. The summed E-state index contributed by atoms with van der Waals surface area (Å²) in [6.07, 6.45) is -10.0. The van der Waals surface area contributed by atoms with Crippen LogP contribution in [0.2, 0.25) is 5.02 Å². The van der Waals surface area contributed by atoms with Crippen molar-refractivity contribution in [3.8, 4) is 5.75 Å². The average molecular weight is 576 g/mol. The maximum absolute atomic E-state index is 13.4. The molecule has 2 aromatic rings. The zero-order valence-corrected chi connectivity index (χ0v) is 22.5. The van der Waals surface area contributed by atoms with Crippen molar-refractivity contribution in [3.63, 3.8) is 0 Å². The Morgan fingerprint density at radius 2 is 1.67 bits per heavy atom. The van der Waals surface area contributed by atoms with E-state index in [0.29, 0.717) is 35.7 Å². The van der Waals surface area contributed by atoms with Gasteiger partial charge < -0.3 is 9.47 Å². The van der Waals surface area contributed by atoms with E-state index < -0.39 is 41.7 Å². The normalized spacial score (nSPS) is 21.8. The second kappa shape index (κ2) is 10.3. The third kappa shape index (κ3) is 6.15. The molecule has 2 aliphatic rings. The first kappa shape index (κ1) is 29.1. The van der Waals surface area contributed by atoms with Crippen molar-refractivity contribution in [2.75, 3.05) is 13.7 Å². The molecule has 1 amide bonds. The molecule has 0 spiro atoms. The summed E-state index contributed by atoms with van der Waals surface area (Å²) < 4.78 is 91.6. The lowest BCUT2D eigenvalue weighted by Crippen LogP contribution is -2.35. The number of carbonyl (C=O) groups excluding carboxylic acids is 1. The zero-order chi connectivity index (χ0) is 28.9. The predicted molar refractivity (Wildman–Crippen MR) is 134 cm³/mol. The molecule has 0 radical (unpaired) electrons. The van der Waals surface area contributed by atoms with Crippen molar-refractivity contribution in [1.82, 2.24) is 4.90 Å². The van der Waals surface area contributed by atoms with Gasteiger partial charge in [-0.25, -0.2) is 4.79 Å². The van der Waals surface area contributed by atoms with E-state index in [4.69, 9.17) is 21.1 Å². The molecule has 39 heavy (non-hydrogen) atoms. The number of carbonyl (C=O) groups is 1. The third-order valence-corrected chi connectivity index (χ3v) is 7.58. The van der Waals surface area contributed by atoms with Gasteiger partial charge in [0.1, 0.15) is 11.9 Å². The van der Waals surface area contributed by atoms with Crippen LogP contribution in [-0.4, -0.2) is 30.7 Å². The lowest BCUT2D eigenvalue weighted by molar-refractivity contribution is -0.143. The van der Waals surface area contributed by atoms with Crippen LogP contribution in [0.4, 0.5) is 31.1 Å². The van der Waals surface area contributed by atoms with Crippen molar-refractivity contribution >= 4 is 23.3 Å². The van der Waals surface area contributed by atoms with E-state index in [-0.39, 0.29) is 23.6 Å². The average Bonchev–Trinajstić information content (AvgIpc) is 3.10. The van der Waals surface area contributed by atoms with Gasteiger partial charge in [0.15, 0.2) is 0 Å². The van der Waals surface area contributed by atoms with E-state index in [1.807, 2.05) is 0 Å². The molecule has 2 atom stereocenters. The van der Waals surface area contributed by atoms with Gasteiger partial charge >= 0.3 is 18.4 Å². The van der Waals surface area contributed by atoms with Crippen molar-refractivity contribution in [3.05, 3.63) is 69.2 Å². The molecule has 1 fully saturated rings. The third-order valence-electron chi connectivity index (χ3n) is 7.35. The highest BCUT2D eigenvalue weighted by atomic mass is 35.5. The summed E-state index contributed by atoms with van der Waals surface area (Å²) in [6, 6.07) is 5.67. The Bertz CT molecular complexity index is 1270. The number of hydrogen-bond donors (Lipinski definition) is 0. The first-order chi connectivity index (χ1) is 18.0. The summed E-state index contributed by atoms with van der Waals surface area (Å²) in [4.78, 5) is 14.3. The zero-order valence-electron chi connectivity index (χ0n) is 21.8.